The van der Waals surface area contributed by atoms with Crippen LogP contribution in [0.2, 0.25) is 0 Å². The normalized spacial score (nSPS) is 21.5. The molecule has 6 rings (SSSR count). The molecule has 0 spiro atoms. The van der Waals surface area contributed by atoms with Gasteiger partial charge in [-0.15, -0.1) is 5.06 Å². The van der Waals surface area contributed by atoms with Crippen LogP contribution in [0.3, 0.4) is 0 Å². The lowest BCUT2D eigenvalue weighted by atomic mass is 9.91. The molecule has 2 aliphatic heterocycles. The molecule has 2 saturated heterocycles. The summed E-state index contributed by atoms with van der Waals surface area (Å²) in [4.78, 5) is 73.1. The minimum atomic E-state index is -0.921. The maximum Gasteiger partial charge on any atom is 0.363 e. The molecule has 2 heterocycles. The number of amides is 4. The van der Waals surface area contributed by atoms with Crippen LogP contribution in [0.5, 0.6) is 0 Å². The SMILES string of the molecule is CC(C)(C)NC(=O)[C@@H]1CN(Cc2ccc(C(=O)ON3C(=O)CCC3=O)cc2)CCN1C[C@@H](O)C[C@@H](Cc1ccccc1)C(=O)N[C@H]1c2ccccc2C[C@H]1O. The number of fused-ring (bicyclic) bond motifs is 1. The zero-order valence-electron chi connectivity index (χ0n) is 31.6. The predicted octanol–water partition coefficient (Wildman–Crippen LogP) is 2.69. The van der Waals surface area contributed by atoms with Gasteiger partial charge in [-0.25, -0.2) is 4.79 Å². The molecule has 3 aliphatic rings. The van der Waals surface area contributed by atoms with Crippen molar-refractivity contribution >= 4 is 29.6 Å². The van der Waals surface area contributed by atoms with E-state index in [-0.39, 0.29) is 43.2 Å². The topological polar surface area (TPSA) is 169 Å². The van der Waals surface area contributed by atoms with E-state index in [4.69, 9.17) is 4.84 Å². The van der Waals surface area contributed by atoms with Crippen LogP contribution in [0, 0.1) is 5.92 Å². The summed E-state index contributed by atoms with van der Waals surface area (Å²) in [7, 11) is 0. The second-order valence-electron chi connectivity index (χ2n) is 15.9. The Kier molecular flexibility index (Phi) is 12.5. The van der Waals surface area contributed by atoms with Crippen molar-refractivity contribution in [2.24, 2.45) is 5.92 Å². The quantitative estimate of drug-likeness (QED) is 0.191. The predicted molar refractivity (Wildman–Crippen MR) is 203 cm³/mol. The lowest BCUT2D eigenvalue weighted by molar-refractivity contribution is -0.172. The molecule has 55 heavy (non-hydrogen) atoms. The van der Waals surface area contributed by atoms with Crippen LogP contribution in [0.4, 0.5) is 0 Å². The highest BCUT2D eigenvalue weighted by atomic mass is 16.7. The van der Waals surface area contributed by atoms with Gasteiger partial charge in [0.25, 0.3) is 11.8 Å². The number of benzene rings is 3. The Bertz CT molecular complexity index is 1850. The number of hydrogen-bond donors (Lipinski definition) is 4. The van der Waals surface area contributed by atoms with Crippen molar-refractivity contribution in [3.63, 3.8) is 0 Å². The third kappa shape index (κ3) is 10.2. The van der Waals surface area contributed by atoms with Gasteiger partial charge in [-0.05, 0) is 68.0 Å². The van der Waals surface area contributed by atoms with Gasteiger partial charge in [-0.1, -0.05) is 66.7 Å². The van der Waals surface area contributed by atoms with E-state index in [9.17, 15) is 34.2 Å². The Hall–Kier alpha value is -4.95. The average Bonchev–Trinajstić information content (AvgIpc) is 3.64. The molecule has 1 aliphatic carbocycles. The fourth-order valence-corrected chi connectivity index (χ4v) is 7.61. The van der Waals surface area contributed by atoms with Crippen LogP contribution in [0.15, 0.2) is 78.9 Å². The molecule has 0 saturated carbocycles. The third-order valence-electron chi connectivity index (χ3n) is 10.4. The van der Waals surface area contributed by atoms with Crippen LogP contribution in [0.25, 0.3) is 0 Å². The van der Waals surface area contributed by atoms with Crippen molar-refractivity contribution < 1.29 is 39.0 Å². The highest BCUT2D eigenvalue weighted by Gasteiger charge is 2.38. The van der Waals surface area contributed by atoms with Gasteiger partial charge in [0.15, 0.2) is 0 Å². The number of aliphatic hydroxyl groups is 2. The first-order valence-electron chi connectivity index (χ1n) is 19.0. The number of imide groups is 1. The number of carbonyl (C=O) groups is 5. The number of carbonyl (C=O) groups excluding carboxylic acids is 5. The van der Waals surface area contributed by atoms with E-state index >= 15 is 0 Å². The van der Waals surface area contributed by atoms with E-state index < -0.39 is 53.5 Å². The van der Waals surface area contributed by atoms with Gasteiger partial charge in [-0.3, -0.25) is 29.0 Å². The van der Waals surface area contributed by atoms with Crippen LogP contribution in [0.1, 0.15) is 78.7 Å². The third-order valence-corrected chi connectivity index (χ3v) is 10.4. The van der Waals surface area contributed by atoms with E-state index in [1.807, 2.05) is 80.3 Å². The van der Waals surface area contributed by atoms with E-state index in [1.54, 1.807) is 24.3 Å². The second-order valence-corrected chi connectivity index (χ2v) is 15.9. The molecule has 2 fully saturated rings. The Balaban J connectivity index is 1.11. The fourth-order valence-electron chi connectivity index (χ4n) is 7.61. The molecule has 292 valence electrons. The maximum atomic E-state index is 13.9. The zero-order chi connectivity index (χ0) is 39.3. The Labute approximate surface area is 321 Å². The second kappa shape index (κ2) is 17.2. The van der Waals surface area contributed by atoms with Gasteiger partial charge in [0.05, 0.1) is 23.8 Å². The van der Waals surface area contributed by atoms with Crippen molar-refractivity contribution in [2.45, 2.75) is 89.3 Å². The number of aliphatic hydroxyl groups excluding tert-OH is 2. The van der Waals surface area contributed by atoms with Gasteiger partial charge in [0.2, 0.25) is 11.8 Å². The summed E-state index contributed by atoms with van der Waals surface area (Å²) in [6.45, 7) is 7.89. The number of hydroxylamine groups is 2. The molecule has 4 N–H and O–H groups in total. The largest absolute Gasteiger partial charge is 0.392 e. The van der Waals surface area contributed by atoms with Crippen molar-refractivity contribution in [1.29, 1.82) is 0 Å². The highest BCUT2D eigenvalue weighted by Crippen LogP contribution is 2.32. The fraction of sp³-hybridized carbons (Fsp3) is 0.452. The first kappa shape index (κ1) is 39.7. The summed E-state index contributed by atoms with van der Waals surface area (Å²) in [5, 5.41) is 29.2. The number of piperazine rings is 1. The molecule has 3 aromatic carbocycles. The summed E-state index contributed by atoms with van der Waals surface area (Å²) in [6.07, 6.45) is -0.609. The molecule has 3 aromatic rings. The molecule has 13 heteroatoms. The summed E-state index contributed by atoms with van der Waals surface area (Å²) in [5.74, 6) is -2.89. The molecule has 0 bridgehead atoms. The van der Waals surface area contributed by atoms with Gasteiger partial charge in [-0.2, -0.15) is 0 Å². The van der Waals surface area contributed by atoms with Crippen LogP contribution in [-0.2, 0) is 43.4 Å². The number of hydrogen-bond acceptors (Lipinski definition) is 10. The molecule has 0 radical (unpaired) electrons. The summed E-state index contributed by atoms with van der Waals surface area (Å²) >= 11 is 0. The van der Waals surface area contributed by atoms with Gasteiger partial charge >= 0.3 is 5.97 Å². The Morgan fingerprint density at radius 3 is 2.25 bits per heavy atom. The lowest BCUT2D eigenvalue weighted by Gasteiger charge is -2.42. The first-order chi connectivity index (χ1) is 26.2. The van der Waals surface area contributed by atoms with Crippen molar-refractivity contribution in [2.75, 3.05) is 26.2 Å². The van der Waals surface area contributed by atoms with Crippen LogP contribution in [-0.4, -0.2) is 105 Å². The molecule has 5 atom stereocenters. The molecule has 13 nitrogen and oxygen atoms in total. The van der Waals surface area contributed by atoms with E-state index in [1.165, 1.54) is 0 Å². The average molecular weight is 754 g/mol. The summed E-state index contributed by atoms with van der Waals surface area (Å²) in [5.41, 5.74) is 3.46. The smallest absolute Gasteiger partial charge is 0.363 e. The van der Waals surface area contributed by atoms with E-state index in [0.717, 1.165) is 22.3 Å². The monoisotopic (exact) mass is 753 g/mol. The number of β-amino-alcohol motifs (C(OH)–C–C–N with tert-alkyl or cyclic N) is 1. The molecule has 0 aromatic heterocycles. The Morgan fingerprint density at radius 1 is 0.891 bits per heavy atom. The summed E-state index contributed by atoms with van der Waals surface area (Å²) < 4.78 is 0. The Morgan fingerprint density at radius 2 is 1.56 bits per heavy atom. The molecular formula is C42H51N5O8. The molecule has 4 amide bonds. The number of nitrogens with one attached hydrogen (secondary N) is 2. The zero-order valence-corrected chi connectivity index (χ0v) is 31.6. The minimum Gasteiger partial charge on any atom is -0.392 e. The van der Waals surface area contributed by atoms with E-state index in [2.05, 4.69) is 15.5 Å². The highest BCUT2D eigenvalue weighted by molar-refractivity contribution is 6.02. The summed E-state index contributed by atoms with van der Waals surface area (Å²) in [6, 6.07) is 22.9. The first-order valence-corrected chi connectivity index (χ1v) is 19.0. The van der Waals surface area contributed by atoms with Crippen molar-refractivity contribution in [1.82, 2.24) is 25.5 Å². The molecule has 0 unspecified atom stereocenters. The van der Waals surface area contributed by atoms with Crippen LogP contribution < -0.4 is 10.6 Å². The minimum absolute atomic E-state index is 0.0138. The van der Waals surface area contributed by atoms with Gasteiger partial charge in [0, 0.05) is 63.4 Å². The number of rotatable bonds is 13. The number of nitrogens with zero attached hydrogens (tertiary/aromatic N) is 3. The molecular weight excluding hydrogens is 702 g/mol. The van der Waals surface area contributed by atoms with E-state index in [0.29, 0.717) is 44.1 Å². The standard InChI is InChI=1S/C42H51N5O8/c1-42(2,3)44-40(53)34-26-45(24-28-13-15-29(16-14-28)41(54)55-47-36(50)17-18-37(47)51)19-20-46(34)25-32(48)22-31(21-27-9-5-4-6-10-27)39(52)43-38-33-12-8-7-11-30(33)23-35(38)49/h4-16,31-32,34-35,38,48-49H,17-26H2,1-3H3,(H,43,52)(H,44,53)/t31-,32+,34+,35-,38+/m1/s1. The van der Waals surface area contributed by atoms with Gasteiger partial charge < -0.3 is 25.7 Å². The van der Waals surface area contributed by atoms with Crippen LogP contribution >= 0.6 is 0 Å². The lowest BCUT2D eigenvalue weighted by Crippen LogP contribution is -2.61. The van der Waals surface area contributed by atoms with Crippen molar-refractivity contribution in [3.8, 4) is 0 Å². The van der Waals surface area contributed by atoms with Crippen molar-refractivity contribution in [3.05, 3.63) is 107 Å². The maximum absolute atomic E-state index is 13.9. The van der Waals surface area contributed by atoms with Gasteiger partial charge in [0.1, 0.15) is 6.04 Å².